The molecule has 220 valence electrons. The summed E-state index contributed by atoms with van der Waals surface area (Å²) in [6.07, 6.45) is 0. The minimum absolute atomic E-state index is 0.724. The van der Waals surface area contributed by atoms with Crippen molar-refractivity contribution in [1.82, 2.24) is 14.5 Å². The molecule has 0 aliphatic carbocycles. The lowest BCUT2D eigenvalue weighted by molar-refractivity contribution is 1.18. The Morgan fingerprint density at radius 1 is 0.340 bits per heavy atom. The highest BCUT2D eigenvalue weighted by molar-refractivity contribution is 6.09. The highest BCUT2D eigenvalue weighted by Gasteiger charge is 2.13. The zero-order valence-electron chi connectivity index (χ0n) is 25.6. The van der Waals surface area contributed by atoms with Crippen molar-refractivity contribution >= 4 is 32.6 Å². The standard InChI is InChI=1S/C44H29N3/c1-3-11-31(12-4-1)40-29-41(46-44(45-40)32-13-5-2-6-14-32)36-22-21-34-27-33(19-20-35(34)28-36)30-23-25-37(26-24-30)47-42-17-9-7-15-38(42)39-16-8-10-18-43(39)47/h1-29H. The van der Waals surface area contributed by atoms with Crippen molar-refractivity contribution in [3.8, 4) is 50.7 Å². The van der Waals surface area contributed by atoms with Gasteiger partial charge in [0, 0.05) is 33.2 Å². The number of fused-ring (bicyclic) bond motifs is 4. The molecular formula is C44H29N3. The lowest BCUT2D eigenvalue weighted by atomic mass is 9.98. The van der Waals surface area contributed by atoms with Gasteiger partial charge in [-0.1, -0.05) is 133 Å². The minimum atomic E-state index is 0.724. The molecular weight excluding hydrogens is 571 g/mol. The van der Waals surface area contributed by atoms with Gasteiger partial charge in [0.25, 0.3) is 0 Å². The van der Waals surface area contributed by atoms with Gasteiger partial charge < -0.3 is 4.57 Å². The Hall–Kier alpha value is -6.32. The van der Waals surface area contributed by atoms with Crippen LogP contribution in [0, 0.1) is 0 Å². The number of rotatable bonds is 5. The molecule has 0 radical (unpaired) electrons. The molecule has 0 saturated heterocycles. The number of nitrogens with zero attached hydrogens (tertiary/aromatic N) is 3. The van der Waals surface area contributed by atoms with Crippen molar-refractivity contribution < 1.29 is 0 Å². The smallest absolute Gasteiger partial charge is 0.160 e. The second kappa shape index (κ2) is 11.2. The highest BCUT2D eigenvalue weighted by Crippen LogP contribution is 2.34. The van der Waals surface area contributed by atoms with Crippen LogP contribution in [0.5, 0.6) is 0 Å². The van der Waals surface area contributed by atoms with E-state index in [1.807, 2.05) is 36.4 Å². The molecule has 0 saturated carbocycles. The van der Waals surface area contributed by atoms with Crippen LogP contribution in [0.2, 0.25) is 0 Å². The van der Waals surface area contributed by atoms with E-state index < -0.39 is 0 Å². The Morgan fingerprint density at radius 2 is 0.830 bits per heavy atom. The summed E-state index contributed by atoms with van der Waals surface area (Å²) in [6.45, 7) is 0. The predicted octanol–water partition coefficient (Wildman–Crippen LogP) is 11.4. The third-order valence-corrected chi connectivity index (χ3v) is 9.00. The number of para-hydroxylation sites is 2. The minimum Gasteiger partial charge on any atom is -0.309 e. The number of benzene rings is 7. The van der Waals surface area contributed by atoms with Crippen LogP contribution in [-0.2, 0) is 0 Å². The topological polar surface area (TPSA) is 30.7 Å². The predicted molar refractivity (Wildman–Crippen MR) is 196 cm³/mol. The van der Waals surface area contributed by atoms with E-state index in [1.54, 1.807) is 0 Å². The van der Waals surface area contributed by atoms with Gasteiger partial charge in [0.15, 0.2) is 5.82 Å². The Kier molecular flexibility index (Phi) is 6.46. The molecule has 0 atom stereocenters. The Bertz CT molecular complexity index is 2440. The fraction of sp³-hybridized carbons (Fsp3) is 0. The Morgan fingerprint density at radius 3 is 1.47 bits per heavy atom. The third-order valence-electron chi connectivity index (χ3n) is 9.00. The summed E-state index contributed by atoms with van der Waals surface area (Å²) in [5.41, 5.74) is 10.9. The first-order chi connectivity index (χ1) is 23.3. The lowest BCUT2D eigenvalue weighted by Gasteiger charge is -2.11. The summed E-state index contributed by atoms with van der Waals surface area (Å²) < 4.78 is 2.36. The molecule has 0 spiro atoms. The highest BCUT2D eigenvalue weighted by atomic mass is 15.0. The summed E-state index contributed by atoms with van der Waals surface area (Å²) in [6, 6.07) is 62.1. The van der Waals surface area contributed by atoms with E-state index in [0.29, 0.717) is 0 Å². The van der Waals surface area contributed by atoms with Gasteiger partial charge in [0.2, 0.25) is 0 Å². The second-order valence-corrected chi connectivity index (χ2v) is 11.9. The van der Waals surface area contributed by atoms with Gasteiger partial charge in [-0.2, -0.15) is 0 Å². The molecule has 0 aliphatic heterocycles. The van der Waals surface area contributed by atoms with E-state index >= 15 is 0 Å². The third kappa shape index (κ3) is 4.86. The van der Waals surface area contributed by atoms with Crippen LogP contribution in [0.1, 0.15) is 0 Å². The van der Waals surface area contributed by atoms with Crippen molar-refractivity contribution in [1.29, 1.82) is 0 Å². The summed E-state index contributed by atoms with van der Waals surface area (Å²) in [4.78, 5) is 9.97. The SMILES string of the molecule is c1ccc(-c2cc(-c3ccc4cc(-c5ccc(-n6c7ccccc7c7ccccc76)cc5)ccc4c3)nc(-c3ccccc3)n2)cc1. The van der Waals surface area contributed by atoms with Gasteiger partial charge in [-0.3, -0.25) is 0 Å². The van der Waals surface area contributed by atoms with Gasteiger partial charge in [0.05, 0.1) is 22.4 Å². The van der Waals surface area contributed by atoms with Crippen molar-refractivity contribution in [2.75, 3.05) is 0 Å². The van der Waals surface area contributed by atoms with Crippen molar-refractivity contribution in [3.05, 3.63) is 176 Å². The summed E-state index contributed by atoms with van der Waals surface area (Å²) in [7, 11) is 0. The summed E-state index contributed by atoms with van der Waals surface area (Å²) >= 11 is 0. The maximum Gasteiger partial charge on any atom is 0.160 e. The molecule has 0 amide bonds. The zero-order chi connectivity index (χ0) is 31.2. The molecule has 0 fully saturated rings. The Labute approximate surface area is 273 Å². The molecule has 2 aromatic heterocycles. The molecule has 0 unspecified atom stereocenters. The van der Waals surface area contributed by atoms with E-state index in [-0.39, 0.29) is 0 Å². The fourth-order valence-electron chi connectivity index (χ4n) is 6.66. The normalized spacial score (nSPS) is 11.4. The molecule has 9 rings (SSSR count). The van der Waals surface area contributed by atoms with E-state index in [4.69, 9.17) is 9.97 Å². The van der Waals surface area contributed by atoms with Crippen LogP contribution in [0.25, 0.3) is 83.3 Å². The molecule has 9 aromatic rings. The molecule has 47 heavy (non-hydrogen) atoms. The Balaban J connectivity index is 1.07. The number of hydrogen-bond acceptors (Lipinski definition) is 2. The van der Waals surface area contributed by atoms with Crippen molar-refractivity contribution in [3.63, 3.8) is 0 Å². The summed E-state index contributed by atoms with van der Waals surface area (Å²) in [5.74, 6) is 0.724. The van der Waals surface area contributed by atoms with Crippen LogP contribution in [0.4, 0.5) is 0 Å². The molecule has 3 nitrogen and oxygen atoms in total. The largest absolute Gasteiger partial charge is 0.309 e. The van der Waals surface area contributed by atoms with Crippen molar-refractivity contribution in [2.45, 2.75) is 0 Å². The fourth-order valence-corrected chi connectivity index (χ4v) is 6.66. The molecule has 0 bridgehead atoms. The lowest BCUT2D eigenvalue weighted by Crippen LogP contribution is -1.95. The average molecular weight is 600 g/mol. The van der Waals surface area contributed by atoms with E-state index in [1.165, 1.54) is 43.7 Å². The zero-order valence-corrected chi connectivity index (χ0v) is 25.6. The van der Waals surface area contributed by atoms with E-state index in [0.717, 1.165) is 39.6 Å². The quantitative estimate of drug-likeness (QED) is 0.197. The first-order valence-electron chi connectivity index (χ1n) is 15.9. The molecule has 0 aliphatic rings. The van der Waals surface area contributed by atoms with Gasteiger partial charge in [0.1, 0.15) is 0 Å². The molecule has 0 N–H and O–H groups in total. The van der Waals surface area contributed by atoms with Gasteiger partial charge >= 0.3 is 0 Å². The van der Waals surface area contributed by atoms with E-state index in [2.05, 4.69) is 144 Å². The van der Waals surface area contributed by atoms with Gasteiger partial charge in [-0.15, -0.1) is 0 Å². The first-order valence-corrected chi connectivity index (χ1v) is 15.9. The van der Waals surface area contributed by atoms with Crippen molar-refractivity contribution in [2.24, 2.45) is 0 Å². The monoisotopic (exact) mass is 599 g/mol. The number of aromatic nitrogens is 3. The van der Waals surface area contributed by atoms with Crippen LogP contribution in [0.15, 0.2) is 176 Å². The molecule has 2 heterocycles. The van der Waals surface area contributed by atoms with Gasteiger partial charge in [-0.05, 0) is 64.4 Å². The first kappa shape index (κ1) is 27.0. The van der Waals surface area contributed by atoms with Crippen LogP contribution in [0.3, 0.4) is 0 Å². The summed E-state index contributed by atoms with van der Waals surface area (Å²) in [5, 5.41) is 4.92. The molecule has 3 heteroatoms. The number of hydrogen-bond donors (Lipinski definition) is 0. The maximum absolute atomic E-state index is 5.03. The van der Waals surface area contributed by atoms with Crippen LogP contribution in [-0.4, -0.2) is 14.5 Å². The molecule has 7 aromatic carbocycles. The maximum atomic E-state index is 5.03. The van der Waals surface area contributed by atoms with Crippen LogP contribution < -0.4 is 0 Å². The van der Waals surface area contributed by atoms with E-state index in [9.17, 15) is 0 Å². The van der Waals surface area contributed by atoms with Crippen LogP contribution >= 0.6 is 0 Å². The second-order valence-electron chi connectivity index (χ2n) is 11.9. The average Bonchev–Trinajstić information content (AvgIpc) is 3.49. The van der Waals surface area contributed by atoms with Gasteiger partial charge in [-0.25, -0.2) is 9.97 Å².